The summed E-state index contributed by atoms with van der Waals surface area (Å²) in [7, 11) is 5.07. The van der Waals surface area contributed by atoms with Crippen molar-refractivity contribution < 1.29 is 4.79 Å². The fourth-order valence-corrected chi connectivity index (χ4v) is 4.17. The lowest BCUT2D eigenvalue weighted by Gasteiger charge is -2.12. The van der Waals surface area contributed by atoms with E-state index in [0.29, 0.717) is 28.1 Å². The molecule has 0 aliphatic heterocycles. The van der Waals surface area contributed by atoms with E-state index >= 15 is 0 Å². The molecule has 0 aliphatic rings. The van der Waals surface area contributed by atoms with E-state index in [1.807, 2.05) is 19.1 Å². The number of carbonyl (C=O) groups excluding carboxylic acids is 1. The second-order valence-corrected chi connectivity index (χ2v) is 8.15. The van der Waals surface area contributed by atoms with Crippen LogP contribution in [0.15, 0.2) is 58.4 Å². The Morgan fingerprint density at radius 1 is 1.00 bits per heavy atom. The van der Waals surface area contributed by atoms with Crippen molar-refractivity contribution in [3.05, 3.63) is 80.8 Å². The number of hydrogen-bond donors (Lipinski definition) is 2. The van der Waals surface area contributed by atoms with Crippen molar-refractivity contribution in [2.75, 3.05) is 5.32 Å². The Labute approximate surface area is 187 Å². The lowest BCUT2D eigenvalue weighted by molar-refractivity contribution is 0.102. The Balaban J connectivity index is 1.54. The molecule has 9 nitrogen and oxygen atoms in total. The number of anilines is 1. The number of aromatic nitrogens is 5. The van der Waals surface area contributed by atoms with Gasteiger partial charge in [0.1, 0.15) is 11.3 Å². The monoisotopic (exact) mass is 442 g/mol. The van der Waals surface area contributed by atoms with Crippen LogP contribution in [0, 0.1) is 6.92 Å². The number of aromatic amines is 1. The third-order valence-electron chi connectivity index (χ3n) is 6.02. The number of nitrogens with zero attached hydrogens (tertiary/aromatic N) is 4. The maximum Gasteiger partial charge on any atom is 0.328 e. The third-order valence-corrected chi connectivity index (χ3v) is 6.02. The molecule has 166 valence electrons. The Morgan fingerprint density at radius 3 is 2.55 bits per heavy atom. The van der Waals surface area contributed by atoms with Crippen molar-refractivity contribution in [1.82, 2.24) is 23.7 Å². The van der Waals surface area contributed by atoms with Gasteiger partial charge in [-0.1, -0.05) is 6.07 Å². The van der Waals surface area contributed by atoms with Crippen molar-refractivity contribution in [3.63, 3.8) is 0 Å². The highest BCUT2D eigenvalue weighted by atomic mass is 16.2. The lowest BCUT2D eigenvalue weighted by atomic mass is 10.0. The first-order valence-electron chi connectivity index (χ1n) is 10.4. The van der Waals surface area contributed by atoms with E-state index in [0.717, 1.165) is 22.0 Å². The van der Waals surface area contributed by atoms with E-state index in [1.54, 1.807) is 62.4 Å². The van der Waals surface area contributed by atoms with Gasteiger partial charge in [-0.25, -0.2) is 9.78 Å². The molecule has 2 N–H and O–H groups in total. The smallest absolute Gasteiger partial charge is 0.328 e. The highest BCUT2D eigenvalue weighted by Gasteiger charge is 2.16. The van der Waals surface area contributed by atoms with Crippen LogP contribution in [0.25, 0.3) is 33.2 Å². The van der Waals surface area contributed by atoms with Crippen LogP contribution < -0.4 is 16.6 Å². The minimum absolute atomic E-state index is 0.119. The number of nitrogens with one attached hydrogen (secondary N) is 2. The summed E-state index contributed by atoms with van der Waals surface area (Å²) in [6.45, 7) is 1.93. The summed E-state index contributed by atoms with van der Waals surface area (Å²) in [5, 5.41) is 3.62. The molecular formula is C24H22N6O3. The highest BCUT2D eigenvalue weighted by molar-refractivity contribution is 6.05. The second-order valence-electron chi connectivity index (χ2n) is 8.15. The fraction of sp³-hybridized carbons (Fsp3) is 0.167. The molecule has 1 amide bonds. The number of amides is 1. The van der Waals surface area contributed by atoms with Crippen LogP contribution >= 0.6 is 0 Å². The van der Waals surface area contributed by atoms with Gasteiger partial charge in [0.15, 0.2) is 0 Å². The largest absolute Gasteiger partial charge is 0.357 e. The Bertz CT molecular complexity index is 1700. The molecule has 5 rings (SSSR count). The van der Waals surface area contributed by atoms with Crippen molar-refractivity contribution in [2.45, 2.75) is 6.92 Å². The molecule has 4 aromatic heterocycles. The SMILES string of the molecule is Cc1ccc(NC(=O)c2ccc3c(c2)n(C)c(=O)n3C)nc1-c1cn(C)c(=O)c2[nH]ccc12. The molecule has 0 fully saturated rings. The van der Waals surface area contributed by atoms with Gasteiger partial charge >= 0.3 is 5.69 Å². The van der Waals surface area contributed by atoms with Gasteiger partial charge in [-0.05, 0) is 42.8 Å². The normalized spacial score (nSPS) is 11.4. The number of pyridine rings is 2. The van der Waals surface area contributed by atoms with Gasteiger partial charge in [-0.3, -0.25) is 18.7 Å². The lowest BCUT2D eigenvalue weighted by Crippen LogP contribution is -2.19. The van der Waals surface area contributed by atoms with Gasteiger partial charge in [0.25, 0.3) is 11.5 Å². The molecule has 0 radical (unpaired) electrons. The number of fused-ring (bicyclic) bond motifs is 2. The molecule has 0 saturated carbocycles. The van der Waals surface area contributed by atoms with Crippen LogP contribution in [0.3, 0.4) is 0 Å². The number of imidazole rings is 1. The minimum Gasteiger partial charge on any atom is -0.357 e. The summed E-state index contributed by atoms with van der Waals surface area (Å²) in [6, 6.07) is 10.6. The van der Waals surface area contributed by atoms with Crippen molar-refractivity contribution >= 4 is 33.7 Å². The summed E-state index contributed by atoms with van der Waals surface area (Å²) >= 11 is 0. The Morgan fingerprint density at radius 2 is 1.76 bits per heavy atom. The van der Waals surface area contributed by atoms with Gasteiger partial charge in [-0.2, -0.15) is 0 Å². The number of benzene rings is 1. The predicted octanol–water partition coefficient (Wildman–Crippen LogP) is 2.68. The van der Waals surface area contributed by atoms with Crippen molar-refractivity contribution in [2.24, 2.45) is 21.1 Å². The van der Waals surface area contributed by atoms with Crippen LogP contribution in [0.1, 0.15) is 15.9 Å². The molecule has 0 atom stereocenters. The van der Waals surface area contributed by atoms with Gasteiger partial charge in [-0.15, -0.1) is 0 Å². The molecule has 33 heavy (non-hydrogen) atoms. The molecule has 0 bridgehead atoms. The molecule has 1 aromatic carbocycles. The number of aryl methyl sites for hydroxylation is 4. The third kappa shape index (κ3) is 3.16. The van der Waals surface area contributed by atoms with Crippen LogP contribution in [-0.2, 0) is 21.1 Å². The van der Waals surface area contributed by atoms with Crippen LogP contribution in [0.5, 0.6) is 0 Å². The first-order chi connectivity index (χ1) is 15.8. The fourth-order valence-electron chi connectivity index (χ4n) is 4.17. The topological polar surface area (TPSA) is 107 Å². The maximum atomic E-state index is 13.0. The Hall–Kier alpha value is -4.40. The van der Waals surface area contributed by atoms with E-state index in [1.165, 1.54) is 9.13 Å². The molecule has 4 heterocycles. The molecule has 9 heteroatoms. The number of H-pyrrole nitrogens is 1. The van der Waals surface area contributed by atoms with E-state index in [2.05, 4.69) is 15.3 Å². The molecule has 0 aliphatic carbocycles. The number of rotatable bonds is 3. The maximum absolute atomic E-state index is 13.0. The van der Waals surface area contributed by atoms with Crippen molar-refractivity contribution in [3.8, 4) is 11.3 Å². The van der Waals surface area contributed by atoms with Gasteiger partial charge in [0.05, 0.1) is 16.7 Å². The van der Waals surface area contributed by atoms with E-state index in [9.17, 15) is 14.4 Å². The molecular weight excluding hydrogens is 420 g/mol. The van der Waals surface area contributed by atoms with Crippen LogP contribution in [-0.4, -0.2) is 29.6 Å². The zero-order chi connectivity index (χ0) is 23.4. The summed E-state index contributed by atoms with van der Waals surface area (Å²) in [6.07, 6.45) is 3.48. The summed E-state index contributed by atoms with van der Waals surface area (Å²) < 4.78 is 4.57. The van der Waals surface area contributed by atoms with Gasteiger partial charge in [0.2, 0.25) is 0 Å². The zero-order valence-electron chi connectivity index (χ0n) is 18.6. The standard InChI is InChI=1S/C24H22N6O3/c1-13-5-8-19(26-20(13)16-12-28(2)23(32)21-15(16)9-10-25-21)27-22(31)14-6-7-17-18(11-14)30(4)24(33)29(17)3/h5-12,25H,1-4H3,(H,26,27,31). The average molecular weight is 442 g/mol. The van der Waals surface area contributed by atoms with E-state index < -0.39 is 0 Å². The first kappa shape index (κ1) is 20.5. The molecule has 5 aromatic rings. The quantitative estimate of drug-likeness (QED) is 0.448. The van der Waals surface area contributed by atoms with Gasteiger partial charge < -0.3 is 14.9 Å². The predicted molar refractivity (Wildman–Crippen MR) is 128 cm³/mol. The number of carbonyl (C=O) groups is 1. The molecule has 0 unspecified atom stereocenters. The average Bonchev–Trinajstić information content (AvgIpc) is 3.38. The highest BCUT2D eigenvalue weighted by Crippen LogP contribution is 2.28. The summed E-state index contributed by atoms with van der Waals surface area (Å²) in [4.78, 5) is 45.2. The van der Waals surface area contributed by atoms with E-state index in [-0.39, 0.29) is 17.2 Å². The first-order valence-corrected chi connectivity index (χ1v) is 10.4. The summed E-state index contributed by atoms with van der Waals surface area (Å²) in [5.74, 6) is 0.0583. The van der Waals surface area contributed by atoms with Crippen molar-refractivity contribution in [1.29, 1.82) is 0 Å². The van der Waals surface area contributed by atoms with Crippen LogP contribution in [0.4, 0.5) is 5.82 Å². The second kappa shape index (κ2) is 7.33. The zero-order valence-corrected chi connectivity index (χ0v) is 18.6. The van der Waals surface area contributed by atoms with E-state index in [4.69, 9.17) is 0 Å². The molecule has 0 spiro atoms. The van der Waals surface area contributed by atoms with Crippen LogP contribution in [0.2, 0.25) is 0 Å². The number of hydrogen-bond acceptors (Lipinski definition) is 4. The summed E-state index contributed by atoms with van der Waals surface area (Å²) in [5.41, 5.74) is 4.46. The van der Waals surface area contributed by atoms with Gasteiger partial charge in [0, 0.05) is 50.0 Å². The minimum atomic E-state index is -0.331. The Kier molecular flexibility index (Phi) is 4.56. The molecule has 0 saturated heterocycles.